The number of nitrogens with zero attached hydrogens (tertiary/aromatic N) is 6. The monoisotopic (exact) mass is 910 g/mol. The van der Waals surface area contributed by atoms with Gasteiger partial charge in [-0.3, -0.25) is 19.9 Å². The van der Waals surface area contributed by atoms with Gasteiger partial charge in [0.25, 0.3) is 0 Å². The summed E-state index contributed by atoms with van der Waals surface area (Å²) in [5, 5.41) is 4.44. The van der Waals surface area contributed by atoms with Gasteiger partial charge in [-0.1, -0.05) is 100 Å². The van der Waals surface area contributed by atoms with Gasteiger partial charge in [0.05, 0.1) is 27.5 Å². The van der Waals surface area contributed by atoms with Crippen LogP contribution in [0.3, 0.4) is 0 Å². The largest absolute Gasteiger partial charge is 0.309 e. The lowest BCUT2D eigenvalue weighted by atomic mass is 9.68. The number of pyridine rings is 4. The molecule has 0 aliphatic heterocycles. The Morgan fingerprint density at radius 2 is 0.690 bits per heavy atom. The molecule has 0 fully saturated rings. The van der Waals surface area contributed by atoms with Gasteiger partial charge in [-0.25, -0.2) is 0 Å². The van der Waals surface area contributed by atoms with E-state index < -0.39 is 5.41 Å². The lowest BCUT2D eigenvalue weighted by Gasteiger charge is -2.33. The summed E-state index contributed by atoms with van der Waals surface area (Å²) in [4.78, 5) is 18.1. The molecule has 12 aromatic rings. The van der Waals surface area contributed by atoms with Gasteiger partial charge in [0.1, 0.15) is 0 Å². The van der Waals surface area contributed by atoms with E-state index in [1.807, 2.05) is 49.6 Å². The molecule has 6 heterocycles. The number of fused-ring (bicyclic) bond motifs is 16. The summed E-state index contributed by atoms with van der Waals surface area (Å²) in [6.07, 6.45) is 17.2. The minimum atomic E-state index is -0.523. The van der Waals surface area contributed by atoms with Gasteiger partial charge in [-0.05, 0) is 173 Å². The molecule has 1 spiro atoms. The van der Waals surface area contributed by atoms with Crippen molar-refractivity contribution in [3.8, 4) is 55.9 Å². The predicted molar refractivity (Wildman–Crippen MR) is 287 cm³/mol. The molecule has 0 unspecified atom stereocenters. The van der Waals surface area contributed by atoms with E-state index in [9.17, 15) is 0 Å². The lowest BCUT2D eigenvalue weighted by Crippen LogP contribution is -2.28. The second-order valence-corrected chi connectivity index (χ2v) is 21.8. The number of hydrogen-bond donors (Lipinski definition) is 0. The molecule has 6 aromatic heterocycles. The zero-order chi connectivity index (χ0) is 47.1. The van der Waals surface area contributed by atoms with Crippen molar-refractivity contribution in [1.29, 1.82) is 0 Å². The van der Waals surface area contributed by atoms with Gasteiger partial charge in [-0.2, -0.15) is 0 Å². The summed E-state index contributed by atoms with van der Waals surface area (Å²) in [7, 11) is 0. The summed E-state index contributed by atoms with van der Waals surface area (Å²) >= 11 is 0. The van der Waals surface area contributed by atoms with E-state index in [1.54, 1.807) is 0 Å². The Hall–Kier alpha value is -8.48. The maximum absolute atomic E-state index is 4.52. The number of rotatable bonds is 2. The Morgan fingerprint density at radius 3 is 1.07 bits per heavy atom. The van der Waals surface area contributed by atoms with Crippen molar-refractivity contribution < 1.29 is 0 Å². The van der Waals surface area contributed by atoms with Crippen molar-refractivity contribution in [2.24, 2.45) is 0 Å². The minimum absolute atomic E-state index is 0.202. The average Bonchev–Trinajstić information content (AvgIpc) is 4.09. The SMILES string of the molecule is CC1(C)Cc2cc(-n3c4ccncc4c4cnccc43)ccc2-c2ccc3c(c2)C24c5cc(ccc5-3)-c3ccc(-n5c6ccncc6c6cnccc65)cc3CC(C)(C)c3ccc(c2c3)-c2ccc1cc24. The average molecular weight is 911 g/mol. The zero-order valence-corrected chi connectivity index (χ0v) is 39.9. The molecular formula is C65H46N6. The Kier molecular flexibility index (Phi) is 7.45. The molecule has 4 aliphatic rings. The summed E-state index contributed by atoms with van der Waals surface area (Å²) < 4.78 is 4.78. The van der Waals surface area contributed by atoms with Crippen LogP contribution in [0.2, 0.25) is 0 Å². The third-order valence-electron chi connectivity index (χ3n) is 17.2. The fourth-order valence-electron chi connectivity index (χ4n) is 13.8. The zero-order valence-electron chi connectivity index (χ0n) is 39.9. The lowest BCUT2D eigenvalue weighted by molar-refractivity contribution is 0.521. The normalized spacial score (nSPS) is 15.8. The van der Waals surface area contributed by atoms with Crippen LogP contribution in [0.4, 0.5) is 0 Å². The minimum Gasteiger partial charge on any atom is -0.309 e. The Labute approximate surface area is 411 Å². The van der Waals surface area contributed by atoms with Crippen LogP contribution in [0.1, 0.15) is 72.2 Å². The van der Waals surface area contributed by atoms with E-state index in [0.29, 0.717) is 0 Å². The molecule has 0 N–H and O–H groups in total. The molecule has 6 nitrogen and oxygen atoms in total. The number of aromatic nitrogens is 6. The molecule has 0 radical (unpaired) electrons. The van der Waals surface area contributed by atoms with Crippen LogP contribution in [0.15, 0.2) is 183 Å². The summed E-state index contributed by atoms with van der Waals surface area (Å²) in [6.45, 7) is 9.77. The maximum atomic E-state index is 4.52. The van der Waals surface area contributed by atoms with E-state index in [-0.39, 0.29) is 10.8 Å². The molecule has 8 bridgehead atoms. The third-order valence-corrected chi connectivity index (χ3v) is 17.2. The smallest absolute Gasteiger partial charge is 0.0726 e. The highest BCUT2D eigenvalue weighted by Gasteiger charge is 2.53. The van der Waals surface area contributed by atoms with Gasteiger partial charge in [-0.15, -0.1) is 0 Å². The molecule has 71 heavy (non-hydrogen) atoms. The Morgan fingerprint density at radius 1 is 0.352 bits per heavy atom. The quantitative estimate of drug-likeness (QED) is 0.173. The van der Waals surface area contributed by atoms with Gasteiger partial charge >= 0.3 is 0 Å². The topological polar surface area (TPSA) is 61.4 Å². The molecule has 0 saturated carbocycles. The van der Waals surface area contributed by atoms with Crippen LogP contribution in [0, 0.1) is 0 Å². The third kappa shape index (κ3) is 5.06. The highest BCUT2D eigenvalue weighted by atomic mass is 15.0. The molecule has 336 valence electrons. The second-order valence-electron chi connectivity index (χ2n) is 21.8. The standard InChI is InChI=1S/C65H46N6/c1-63(2)31-39-25-43(70-59-17-21-66-33-51(59)52-34-67-22-18-60(52)70)9-15-45(39)37-5-11-47-48-12-6-38-28-56(48)65(55(47)27-37)57-29-41(63)7-13-49(57)50-14-8-42(30-58(50)65)64(3,4)32-40-26-44(10-16-46(38)40)71-61-19-23-68-35-53(61)54-36-69-24-20-62(54)71/h5-30,33-36H,31-32H2,1-4H3. The molecule has 0 saturated heterocycles. The predicted octanol–water partition coefficient (Wildman–Crippen LogP) is 14.8. The first-order valence-electron chi connectivity index (χ1n) is 24.9. The van der Waals surface area contributed by atoms with E-state index in [4.69, 9.17) is 0 Å². The first kappa shape index (κ1) is 39.4. The molecule has 6 aromatic carbocycles. The van der Waals surface area contributed by atoms with Crippen molar-refractivity contribution in [1.82, 2.24) is 29.1 Å². The number of hydrogen-bond acceptors (Lipinski definition) is 4. The first-order chi connectivity index (χ1) is 34.7. The van der Waals surface area contributed by atoms with Gasteiger partial charge < -0.3 is 9.13 Å². The van der Waals surface area contributed by atoms with Crippen molar-refractivity contribution in [3.05, 3.63) is 228 Å². The van der Waals surface area contributed by atoms with E-state index in [2.05, 4.69) is 190 Å². The van der Waals surface area contributed by atoms with Gasteiger partial charge in [0, 0.05) is 82.5 Å². The maximum Gasteiger partial charge on any atom is 0.0726 e. The molecule has 6 heteroatoms. The van der Waals surface area contributed by atoms with Crippen molar-refractivity contribution >= 4 is 43.6 Å². The van der Waals surface area contributed by atoms with Crippen LogP contribution in [0.25, 0.3) is 99.5 Å². The summed E-state index contributed by atoms with van der Waals surface area (Å²) in [5.74, 6) is 0. The Balaban J connectivity index is 0.953. The van der Waals surface area contributed by atoms with Crippen LogP contribution >= 0.6 is 0 Å². The first-order valence-corrected chi connectivity index (χ1v) is 24.9. The molecule has 0 amide bonds. The van der Waals surface area contributed by atoms with Crippen molar-refractivity contribution in [2.75, 3.05) is 0 Å². The van der Waals surface area contributed by atoms with Crippen molar-refractivity contribution in [2.45, 2.75) is 56.8 Å². The Bertz CT molecular complexity index is 3980. The van der Waals surface area contributed by atoms with Gasteiger partial charge in [0.2, 0.25) is 0 Å². The fraction of sp³-hybridized carbons (Fsp3) is 0.138. The van der Waals surface area contributed by atoms with E-state index in [1.165, 1.54) is 89.0 Å². The molecule has 4 aliphatic carbocycles. The highest BCUT2D eigenvalue weighted by Crippen LogP contribution is 2.65. The fourth-order valence-corrected chi connectivity index (χ4v) is 13.8. The van der Waals surface area contributed by atoms with Crippen LogP contribution in [0.5, 0.6) is 0 Å². The summed E-state index contributed by atoms with van der Waals surface area (Å²) in [6, 6.07) is 52.6. The van der Waals surface area contributed by atoms with E-state index in [0.717, 1.165) is 67.8 Å². The van der Waals surface area contributed by atoms with Crippen LogP contribution in [-0.2, 0) is 29.1 Å². The summed E-state index contributed by atoms with van der Waals surface area (Å²) in [5.41, 5.74) is 27.2. The van der Waals surface area contributed by atoms with Crippen molar-refractivity contribution in [3.63, 3.8) is 0 Å². The molecular weight excluding hydrogens is 865 g/mol. The highest BCUT2D eigenvalue weighted by molar-refractivity contribution is 6.09. The molecule has 0 atom stereocenters. The number of benzene rings is 6. The molecule has 16 rings (SSSR count). The van der Waals surface area contributed by atoms with Gasteiger partial charge in [0.15, 0.2) is 0 Å². The van der Waals surface area contributed by atoms with Crippen LogP contribution in [-0.4, -0.2) is 29.1 Å². The van der Waals surface area contributed by atoms with E-state index >= 15 is 0 Å². The van der Waals surface area contributed by atoms with Crippen LogP contribution < -0.4 is 0 Å². The second kappa shape index (κ2) is 13.4.